The molecular formula is C15H23N3O3. The lowest BCUT2D eigenvalue weighted by molar-refractivity contribution is -0.136. The van der Waals surface area contributed by atoms with Crippen molar-refractivity contribution in [2.24, 2.45) is 0 Å². The van der Waals surface area contributed by atoms with E-state index in [4.69, 9.17) is 0 Å². The Morgan fingerprint density at radius 1 is 1.19 bits per heavy atom. The number of hydrogen-bond acceptors (Lipinski definition) is 4. The van der Waals surface area contributed by atoms with E-state index in [2.05, 4.69) is 10.6 Å². The summed E-state index contributed by atoms with van der Waals surface area (Å²) in [6.45, 7) is 3.93. The Kier molecular flexibility index (Phi) is 5.87. The number of hydrogen-bond donors (Lipinski definition) is 3. The summed E-state index contributed by atoms with van der Waals surface area (Å²) >= 11 is 0. The first kappa shape index (κ1) is 17.1. The quantitative estimate of drug-likeness (QED) is 0.685. The number of aryl methyl sites for hydroxylation is 1. The Balaban J connectivity index is 2.48. The highest BCUT2D eigenvalue weighted by atomic mass is 16.3. The van der Waals surface area contributed by atoms with Crippen molar-refractivity contribution in [3.8, 4) is 0 Å². The molecule has 6 heteroatoms. The Labute approximate surface area is 125 Å². The van der Waals surface area contributed by atoms with Crippen molar-refractivity contribution in [1.82, 2.24) is 10.2 Å². The van der Waals surface area contributed by atoms with Gasteiger partial charge in [0.05, 0.1) is 5.60 Å². The van der Waals surface area contributed by atoms with Crippen molar-refractivity contribution in [3.05, 3.63) is 29.8 Å². The number of nitrogens with one attached hydrogen (secondary N) is 2. The maximum atomic E-state index is 11.7. The molecule has 1 unspecified atom stereocenters. The van der Waals surface area contributed by atoms with Gasteiger partial charge in [0.25, 0.3) is 0 Å². The van der Waals surface area contributed by atoms with Gasteiger partial charge in [-0.2, -0.15) is 0 Å². The van der Waals surface area contributed by atoms with Crippen molar-refractivity contribution < 1.29 is 14.7 Å². The lowest BCUT2D eigenvalue weighted by Crippen LogP contribution is -2.49. The molecule has 0 aliphatic rings. The number of amides is 2. The summed E-state index contributed by atoms with van der Waals surface area (Å²) in [6, 6.07) is 7.14. The minimum absolute atomic E-state index is 0.00529. The van der Waals surface area contributed by atoms with E-state index in [1.807, 2.05) is 33.2 Å². The molecule has 0 spiro atoms. The molecule has 0 aliphatic heterocycles. The van der Waals surface area contributed by atoms with Gasteiger partial charge < -0.3 is 20.6 Å². The summed E-state index contributed by atoms with van der Waals surface area (Å²) < 4.78 is 0. The fourth-order valence-electron chi connectivity index (χ4n) is 1.91. The monoisotopic (exact) mass is 293 g/mol. The fourth-order valence-corrected chi connectivity index (χ4v) is 1.91. The van der Waals surface area contributed by atoms with Crippen molar-refractivity contribution in [2.75, 3.05) is 32.5 Å². The Bertz CT molecular complexity index is 495. The number of carbonyl (C=O) groups excluding carboxylic acids is 2. The van der Waals surface area contributed by atoms with Crippen LogP contribution < -0.4 is 10.6 Å². The predicted octanol–water partition coefficient (Wildman–Crippen LogP) is 0.362. The van der Waals surface area contributed by atoms with Gasteiger partial charge in [-0.05, 0) is 40.1 Å². The molecule has 0 aromatic heterocycles. The SMILES string of the molecule is Cc1ccc(NC(=O)C(=O)NCC(C)(O)CN(C)C)cc1. The van der Waals surface area contributed by atoms with E-state index >= 15 is 0 Å². The van der Waals surface area contributed by atoms with Crippen molar-refractivity contribution >= 4 is 17.5 Å². The number of benzene rings is 1. The van der Waals surface area contributed by atoms with Crippen LogP contribution in [0.4, 0.5) is 5.69 Å². The molecule has 0 radical (unpaired) electrons. The third kappa shape index (κ3) is 6.37. The molecule has 0 saturated carbocycles. The molecular weight excluding hydrogens is 270 g/mol. The zero-order valence-corrected chi connectivity index (χ0v) is 12.9. The molecule has 0 fully saturated rings. The second kappa shape index (κ2) is 7.19. The Morgan fingerprint density at radius 3 is 2.29 bits per heavy atom. The van der Waals surface area contributed by atoms with Gasteiger partial charge >= 0.3 is 11.8 Å². The molecule has 6 nitrogen and oxygen atoms in total. The average Bonchev–Trinajstić information content (AvgIpc) is 2.37. The first-order chi connectivity index (χ1) is 9.69. The summed E-state index contributed by atoms with van der Waals surface area (Å²) in [5.74, 6) is -1.52. The standard InChI is InChI=1S/C15H23N3O3/c1-11-5-7-12(8-6-11)17-14(20)13(19)16-9-15(2,21)10-18(3)4/h5-8,21H,9-10H2,1-4H3,(H,16,19)(H,17,20). The van der Waals surface area contributed by atoms with Crippen molar-refractivity contribution in [2.45, 2.75) is 19.4 Å². The Morgan fingerprint density at radius 2 is 1.76 bits per heavy atom. The van der Waals surface area contributed by atoms with E-state index in [-0.39, 0.29) is 6.54 Å². The van der Waals surface area contributed by atoms with Gasteiger partial charge in [0.2, 0.25) is 0 Å². The lowest BCUT2D eigenvalue weighted by Gasteiger charge is -2.26. The molecule has 0 aliphatic carbocycles. The van der Waals surface area contributed by atoms with Gasteiger partial charge in [0.15, 0.2) is 0 Å². The van der Waals surface area contributed by atoms with E-state index < -0.39 is 17.4 Å². The first-order valence-corrected chi connectivity index (χ1v) is 6.72. The van der Waals surface area contributed by atoms with Gasteiger partial charge in [-0.25, -0.2) is 0 Å². The second-order valence-corrected chi connectivity index (χ2v) is 5.74. The predicted molar refractivity (Wildman–Crippen MR) is 82.0 cm³/mol. The number of rotatable bonds is 5. The van der Waals surface area contributed by atoms with Gasteiger partial charge in [-0.3, -0.25) is 9.59 Å². The van der Waals surface area contributed by atoms with Crippen LogP contribution in [0.2, 0.25) is 0 Å². The van der Waals surface area contributed by atoms with E-state index in [0.29, 0.717) is 12.2 Å². The summed E-state index contributed by atoms with van der Waals surface area (Å²) in [6.07, 6.45) is 0. The van der Waals surface area contributed by atoms with Gasteiger partial charge in [0, 0.05) is 18.8 Å². The maximum absolute atomic E-state index is 11.7. The summed E-state index contributed by atoms with van der Waals surface area (Å²) in [7, 11) is 3.64. The van der Waals surface area contributed by atoms with Gasteiger partial charge in [-0.15, -0.1) is 0 Å². The minimum Gasteiger partial charge on any atom is -0.387 e. The number of carbonyl (C=O) groups is 2. The van der Waals surface area contributed by atoms with Crippen molar-refractivity contribution in [3.63, 3.8) is 0 Å². The normalized spacial score (nSPS) is 13.6. The second-order valence-electron chi connectivity index (χ2n) is 5.74. The van der Waals surface area contributed by atoms with Crippen LogP contribution in [0.15, 0.2) is 24.3 Å². The van der Waals surface area contributed by atoms with Crippen LogP contribution in [0.1, 0.15) is 12.5 Å². The summed E-state index contributed by atoms with van der Waals surface area (Å²) in [5, 5.41) is 15.0. The topological polar surface area (TPSA) is 81.7 Å². The fraction of sp³-hybridized carbons (Fsp3) is 0.467. The molecule has 0 saturated heterocycles. The van der Waals surface area contributed by atoms with Crippen LogP contribution in [-0.4, -0.2) is 54.6 Å². The largest absolute Gasteiger partial charge is 0.387 e. The average molecular weight is 293 g/mol. The number of aliphatic hydroxyl groups is 1. The van der Waals surface area contributed by atoms with Crippen LogP contribution in [0.3, 0.4) is 0 Å². The summed E-state index contributed by atoms with van der Waals surface area (Å²) in [5.41, 5.74) is 0.529. The van der Waals surface area contributed by atoms with Crippen molar-refractivity contribution in [1.29, 1.82) is 0 Å². The van der Waals surface area contributed by atoms with Crippen LogP contribution in [0, 0.1) is 6.92 Å². The molecule has 1 atom stereocenters. The van der Waals surface area contributed by atoms with Gasteiger partial charge in [0.1, 0.15) is 0 Å². The molecule has 0 heterocycles. The molecule has 1 aromatic carbocycles. The molecule has 21 heavy (non-hydrogen) atoms. The van der Waals surface area contributed by atoms with Crippen LogP contribution in [-0.2, 0) is 9.59 Å². The molecule has 1 aromatic rings. The molecule has 0 bridgehead atoms. The highest BCUT2D eigenvalue weighted by molar-refractivity contribution is 6.39. The van der Waals surface area contributed by atoms with Crippen LogP contribution in [0.25, 0.3) is 0 Å². The number of anilines is 1. The zero-order valence-electron chi connectivity index (χ0n) is 12.9. The smallest absolute Gasteiger partial charge is 0.313 e. The number of nitrogens with zero attached hydrogens (tertiary/aromatic N) is 1. The maximum Gasteiger partial charge on any atom is 0.313 e. The number of likely N-dealkylation sites (N-methyl/N-ethyl adjacent to an activating group) is 1. The molecule has 3 N–H and O–H groups in total. The van der Waals surface area contributed by atoms with Crippen LogP contribution >= 0.6 is 0 Å². The third-order valence-electron chi connectivity index (χ3n) is 2.80. The molecule has 1 rings (SSSR count). The molecule has 116 valence electrons. The zero-order chi connectivity index (χ0) is 16.0. The highest BCUT2D eigenvalue weighted by Crippen LogP contribution is 2.08. The van der Waals surface area contributed by atoms with E-state index in [1.54, 1.807) is 24.0 Å². The van der Waals surface area contributed by atoms with Gasteiger partial charge in [-0.1, -0.05) is 17.7 Å². The van der Waals surface area contributed by atoms with E-state index in [9.17, 15) is 14.7 Å². The molecule has 2 amide bonds. The lowest BCUT2D eigenvalue weighted by atomic mass is 10.1. The van der Waals surface area contributed by atoms with E-state index in [1.165, 1.54) is 0 Å². The van der Waals surface area contributed by atoms with Crippen LogP contribution in [0.5, 0.6) is 0 Å². The first-order valence-electron chi connectivity index (χ1n) is 6.72. The third-order valence-corrected chi connectivity index (χ3v) is 2.80. The van der Waals surface area contributed by atoms with E-state index in [0.717, 1.165) is 5.56 Å². The highest BCUT2D eigenvalue weighted by Gasteiger charge is 2.24. The Hall–Kier alpha value is -1.92. The summed E-state index contributed by atoms with van der Waals surface area (Å²) in [4.78, 5) is 25.2. The minimum atomic E-state index is -1.09.